The number of likely N-dealkylation sites (N-methyl/N-ethyl adjacent to an activating group) is 1. The predicted octanol–water partition coefficient (Wildman–Crippen LogP) is -0.977. The van der Waals surface area contributed by atoms with E-state index in [0.717, 1.165) is 0 Å². The number of hydrogen-bond acceptors (Lipinski definition) is 4. The molecule has 1 unspecified atom stereocenters. The maximum atomic E-state index is 8.04. The Morgan fingerprint density at radius 3 is 2.62 bits per heavy atom. The average Bonchev–Trinajstić information content (AvgIpc) is 1.83. The molecule has 0 fully saturated rings. The van der Waals surface area contributed by atoms with Gasteiger partial charge in [0.1, 0.15) is 6.10 Å². The molecule has 0 aliphatic carbocycles. The highest BCUT2D eigenvalue weighted by atomic mass is 17.1. The average molecular weight is 120 g/mol. The summed E-state index contributed by atoms with van der Waals surface area (Å²) >= 11 is 0. The van der Waals surface area contributed by atoms with E-state index in [4.69, 9.17) is 11.0 Å². The van der Waals surface area contributed by atoms with Gasteiger partial charge in [0.2, 0.25) is 0 Å². The fourth-order valence-electron chi connectivity index (χ4n) is 0.391. The van der Waals surface area contributed by atoms with Gasteiger partial charge in [-0.2, -0.15) is 0 Å². The molecule has 1 atom stereocenters. The molecule has 0 rings (SSSR count). The van der Waals surface area contributed by atoms with Gasteiger partial charge in [0.05, 0.1) is 0 Å². The van der Waals surface area contributed by atoms with Crippen LogP contribution in [0.4, 0.5) is 0 Å². The third-order valence-electron chi connectivity index (χ3n) is 0.844. The van der Waals surface area contributed by atoms with Gasteiger partial charge in [-0.3, -0.25) is 5.26 Å². The van der Waals surface area contributed by atoms with Crippen molar-refractivity contribution in [1.82, 2.24) is 5.32 Å². The lowest BCUT2D eigenvalue weighted by Crippen LogP contribution is -2.32. The molecule has 0 spiro atoms. The van der Waals surface area contributed by atoms with E-state index in [1.54, 1.807) is 7.05 Å². The van der Waals surface area contributed by atoms with E-state index >= 15 is 0 Å². The second-order valence-electron chi connectivity index (χ2n) is 1.52. The number of rotatable bonds is 4. The van der Waals surface area contributed by atoms with Crippen LogP contribution in [-0.4, -0.2) is 31.5 Å². The Bertz CT molecular complexity index is 47.3. The fraction of sp³-hybridized carbons (Fsp3) is 1.00. The minimum absolute atomic E-state index is 0.278. The van der Waals surface area contributed by atoms with Gasteiger partial charge in [0, 0.05) is 13.1 Å². The fourth-order valence-corrected chi connectivity index (χ4v) is 0.391. The molecule has 0 amide bonds. The van der Waals surface area contributed by atoms with Gasteiger partial charge in [0.15, 0.2) is 0 Å². The van der Waals surface area contributed by atoms with Crippen molar-refractivity contribution in [3.8, 4) is 0 Å². The number of hydrogen-bond donors (Lipinski definition) is 3. The van der Waals surface area contributed by atoms with Gasteiger partial charge in [-0.1, -0.05) is 0 Å². The smallest absolute Gasteiger partial charge is 0.117 e. The van der Waals surface area contributed by atoms with Crippen LogP contribution < -0.4 is 11.1 Å². The van der Waals surface area contributed by atoms with Crippen LogP contribution in [0.2, 0.25) is 0 Å². The van der Waals surface area contributed by atoms with E-state index in [-0.39, 0.29) is 6.10 Å². The van der Waals surface area contributed by atoms with E-state index < -0.39 is 0 Å². The molecule has 0 saturated heterocycles. The van der Waals surface area contributed by atoms with Crippen molar-refractivity contribution in [3.05, 3.63) is 0 Å². The molecule has 4 nitrogen and oxygen atoms in total. The highest BCUT2D eigenvalue weighted by Gasteiger charge is 2.01. The van der Waals surface area contributed by atoms with Crippen LogP contribution in [0.25, 0.3) is 0 Å². The molecule has 8 heavy (non-hydrogen) atoms. The van der Waals surface area contributed by atoms with Crippen LogP contribution in [0.15, 0.2) is 0 Å². The van der Waals surface area contributed by atoms with Gasteiger partial charge in [-0.25, -0.2) is 4.89 Å². The van der Waals surface area contributed by atoms with Crippen molar-refractivity contribution in [2.24, 2.45) is 5.73 Å². The van der Waals surface area contributed by atoms with Gasteiger partial charge in [-0.15, -0.1) is 0 Å². The maximum absolute atomic E-state index is 8.04. The van der Waals surface area contributed by atoms with Crippen molar-refractivity contribution in [2.45, 2.75) is 6.10 Å². The highest BCUT2D eigenvalue weighted by Crippen LogP contribution is 1.80. The second kappa shape index (κ2) is 4.99. The van der Waals surface area contributed by atoms with Gasteiger partial charge < -0.3 is 11.1 Å². The Kier molecular flexibility index (Phi) is 4.89. The summed E-state index contributed by atoms with van der Waals surface area (Å²) in [6.45, 7) is 0.907. The maximum Gasteiger partial charge on any atom is 0.117 e. The third kappa shape index (κ3) is 2.92. The first-order chi connectivity index (χ1) is 3.85. The summed E-state index contributed by atoms with van der Waals surface area (Å²) in [5.74, 6) is 0. The zero-order valence-electron chi connectivity index (χ0n) is 4.92. The van der Waals surface area contributed by atoms with Crippen molar-refractivity contribution in [3.63, 3.8) is 0 Å². The van der Waals surface area contributed by atoms with Crippen molar-refractivity contribution in [1.29, 1.82) is 0 Å². The number of nitrogens with one attached hydrogen (secondary N) is 1. The summed E-state index contributed by atoms with van der Waals surface area (Å²) < 4.78 is 0. The summed E-state index contributed by atoms with van der Waals surface area (Å²) in [6.07, 6.45) is -0.278. The molecule has 4 heteroatoms. The molecule has 0 saturated carbocycles. The van der Waals surface area contributed by atoms with Crippen LogP contribution in [0.1, 0.15) is 0 Å². The summed E-state index contributed by atoms with van der Waals surface area (Å²) in [6, 6.07) is 0. The molecule has 4 N–H and O–H groups in total. The molecule has 0 aromatic heterocycles. The van der Waals surface area contributed by atoms with Crippen LogP contribution in [-0.2, 0) is 4.89 Å². The topological polar surface area (TPSA) is 67.5 Å². The quantitative estimate of drug-likeness (QED) is 0.329. The zero-order chi connectivity index (χ0) is 6.41. The molecule has 0 heterocycles. The molecule has 0 aromatic carbocycles. The summed E-state index contributed by atoms with van der Waals surface area (Å²) in [5.41, 5.74) is 5.14. The Balaban J connectivity index is 3.07. The molecule has 50 valence electrons. The molecule has 0 radical (unpaired) electrons. The predicted molar refractivity (Wildman–Crippen MR) is 30.5 cm³/mol. The zero-order valence-corrected chi connectivity index (χ0v) is 4.92. The lowest BCUT2D eigenvalue weighted by atomic mass is 10.4. The first-order valence-corrected chi connectivity index (χ1v) is 2.50. The van der Waals surface area contributed by atoms with E-state index in [0.29, 0.717) is 13.1 Å². The number of nitrogens with two attached hydrogens (primary N) is 1. The third-order valence-corrected chi connectivity index (χ3v) is 0.844. The van der Waals surface area contributed by atoms with Crippen molar-refractivity contribution >= 4 is 0 Å². The Morgan fingerprint density at radius 1 is 1.88 bits per heavy atom. The molecule has 0 aromatic rings. The molecule has 0 aliphatic rings. The van der Waals surface area contributed by atoms with Crippen molar-refractivity contribution < 1.29 is 10.1 Å². The first-order valence-electron chi connectivity index (χ1n) is 2.50. The van der Waals surface area contributed by atoms with Crippen LogP contribution >= 0.6 is 0 Å². The summed E-state index contributed by atoms with van der Waals surface area (Å²) in [4.78, 5) is 3.95. The molecular formula is C4H12N2O2. The Hall–Kier alpha value is -0.160. The van der Waals surface area contributed by atoms with Gasteiger partial charge in [-0.05, 0) is 7.05 Å². The monoisotopic (exact) mass is 120 g/mol. The Labute approximate surface area is 48.6 Å². The lowest BCUT2D eigenvalue weighted by Gasteiger charge is -2.07. The molecular weight excluding hydrogens is 108 g/mol. The first kappa shape index (κ1) is 7.84. The standard InChI is InChI=1S/C4H12N2O2/c1-6-3-4(2-5)8-7/h4,6-7H,2-3,5H2,1H3. The van der Waals surface area contributed by atoms with Crippen LogP contribution in [0, 0.1) is 0 Å². The minimum Gasteiger partial charge on any atom is -0.328 e. The summed E-state index contributed by atoms with van der Waals surface area (Å²) in [5, 5.41) is 10.8. The molecule has 0 aliphatic heterocycles. The lowest BCUT2D eigenvalue weighted by molar-refractivity contribution is -0.273. The normalized spacial score (nSPS) is 13.9. The van der Waals surface area contributed by atoms with Gasteiger partial charge >= 0.3 is 0 Å². The minimum atomic E-state index is -0.278. The van der Waals surface area contributed by atoms with E-state index in [9.17, 15) is 0 Å². The largest absolute Gasteiger partial charge is 0.328 e. The summed E-state index contributed by atoms with van der Waals surface area (Å²) in [7, 11) is 1.77. The van der Waals surface area contributed by atoms with E-state index in [1.807, 2.05) is 0 Å². The molecule has 0 bridgehead atoms. The van der Waals surface area contributed by atoms with Crippen LogP contribution in [0.3, 0.4) is 0 Å². The van der Waals surface area contributed by atoms with Gasteiger partial charge in [0.25, 0.3) is 0 Å². The second-order valence-corrected chi connectivity index (χ2v) is 1.52. The van der Waals surface area contributed by atoms with Crippen molar-refractivity contribution in [2.75, 3.05) is 20.1 Å². The Morgan fingerprint density at radius 2 is 2.50 bits per heavy atom. The van der Waals surface area contributed by atoms with E-state index in [1.165, 1.54) is 0 Å². The SMILES string of the molecule is CNCC(CN)OO. The van der Waals surface area contributed by atoms with E-state index in [2.05, 4.69) is 10.2 Å². The van der Waals surface area contributed by atoms with Crippen LogP contribution in [0.5, 0.6) is 0 Å². The highest BCUT2D eigenvalue weighted by molar-refractivity contribution is 4.56.